The van der Waals surface area contributed by atoms with Gasteiger partial charge < -0.3 is 4.74 Å². The van der Waals surface area contributed by atoms with Gasteiger partial charge in [-0.2, -0.15) is 0 Å². The van der Waals surface area contributed by atoms with Crippen LogP contribution < -0.4 is 0 Å². The van der Waals surface area contributed by atoms with Crippen molar-refractivity contribution in [1.29, 1.82) is 0 Å². The van der Waals surface area contributed by atoms with E-state index in [1.807, 2.05) is 43.3 Å². The van der Waals surface area contributed by atoms with Gasteiger partial charge in [0.2, 0.25) is 5.78 Å². The van der Waals surface area contributed by atoms with Crippen molar-refractivity contribution in [2.75, 3.05) is 6.61 Å². The number of benzene rings is 3. The average Bonchev–Trinajstić information content (AvgIpc) is 2.82. The number of nitro benzene ring substituents is 1. The lowest BCUT2D eigenvalue weighted by molar-refractivity contribution is -0.384. The normalized spacial score (nSPS) is 10.7. The molecule has 0 radical (unpaired) electrons. The van der Waals surface area contributed by atoms with Crippen LogP contribution in [0.4, 0.5) is 5.69 Å². The summed E-state index contributed by atoms with van der Waals surface area (Å²) < 4.78 is 6.23. The maximum Gasteiger partial charge on any atom is 0.339 e. The van der Waals surface area contributed by atoms with E-state index in [1.54, 1.807) is 12.1 Å². The van der Waals surface area contributed by atoms with E-state index in [4.69, 9.17) is 9.72 Å². The largest absolute Gasteiger partial charge is 0.454 e. The van der Waals surface area contributed by atoms with E-state index < -0.39 is 23.3 Å². The number of aromatic nitrogens is 1. The van der Waals surface area contributed by atoms with Crippen LogP contribution in [0.3, 0.4) is 0 Å². The van der Waals surface area contributed by atoms with Gasteiger partial charge in [0.25, 0.3) is 5.69 Å². The van der Waals surface area contributed by atoms with E-state index in [0.29, 0.717) is 16.6 Å². The molecular weight excluding hydrogens is 488 g/mol. The average molecular weight is 505 g/mol. The highest BCUT2D eigenvalue weighted by Gasteiger charge is 2.19. The number of para-hydroxylation sites is 1. The fourth-order valence-electron chi connectivity index (χ4n) is 3.41. The van der Waals surface area contributed by atoms with Gasteiger partial charge >= 0.3 is 5.97 Å². The molecule has 0 saturated carbocycles. The van der Waals surface area contributed by atoms with E-state index in [2.05, 4.69) is 15.9 Å². The third-order valence-corrected chi connectivity index (χ3v) is 5.64. The molecule has 0 saturated heterocycles. The molecular formula is C25H17BrN2O5. The maximum absolute atomic E-state index is 13.0. The third-order valence-electron chi connectivity index (χ3n) is 5.11. The number of ketones is 1. The van der Waals surface area contributed by atoms with E-state index in [0.717, 1.165) is 21.7 Å². The van der Waals surface area contributed by atoms with Crippen molar-refractivity contribution in [3.8, 4) is 11.3 Å². The van der Waals surface area contributed by atoms with E-state index in [9.17, 15) is 19.7 Å². The van der Waals surface area contributed by atoms with Crippen LogP contribution in [0.25, 0.3) is 22.2 Å². The van der Waals surface area contributed by atoms with E-state index in [1.165, 1.54) is 18.2 Å². The summed E-state index contributed by atoms with van der Waals surface area (Å²) in [5, 5.41) is 11.6. The Bertz CT molecular complexity index is 1400. The number of carbonyl (C=O) groups is 2. The number of pyridine rings is 1. The molecule has 33 heavy (non-hydrogen) atoms. The van der Waals surface area contributed by atoms with Gasteiger partial charge in [-0.05, 0) is 30.7 Å². The molecule has 0 N–H and O–H groups in total. The van der Waals surface area contributed by atoms with Crippen molar-refractivity contribution in [2.24, 2.45) is 0 Å². The number of Topliss-reactive ketones (excluding diaryl/α,β-unsaturated/α-hetero) is 1. The summed E-state index contributed by atoms with van der Waals surface area (Å²) in [7, 11) is 0. The predicted molar refractivity (Wildman–Crippen MR) is 127 cm³/mol. The highest BCUT2D eigenvalue weighted by molar-refractivity contribution is 9.10. The van der Waals surface area contributed by atoms with Gasteiger partial charge in [0.1, 0.15) is 0 Å². The summed E-state index contributed by atoms with van der Waals surface area (Å²) in [6.07, 6.45) is 0. The Kier molecular flexibility index (Phi) is 6.28. The monoisotopic (exact) mass is 504 g/mol. The van der Waals surface area contributed by atoms with E-state index in [-0.39, 0.29) is 16.8 Å². The molecule has 0 unspecified atom stereocenters. The van der Waals surface area contributed by atoms with Crippen molar-refractivity contribution in [3.63, 3.8) is 0 Å². The number of halogens is 1. The molecule has 0 atom stereocenters. The fraction of sp³-hybridized carbons (Fsp3) is 0.0800. The van der Waals surface area contributed by atoms with Crippen LogP contribution in [0.5, 0.6) is 0 Å². The zero-order valence-corrected chi connectivity index (χ0v) is 19.0. The van der Waals surface area contributed by atoms with Crippen molar-refractivity contribution in [3.05, 3.63) is 104 Å². The molecule has 164 valence electrons. The van der Waals surface area contributed by atoms with Crippen molar-refractivity contribution >= 4 is 44.3 Å². The number of fused-ring (bicyclic) bond motifs is 1. The molecule has 0 amide bonds. The molecule has 1 heterocycles. The molecule has 4 rings (SSSR count). The van der Waals surface area contributed by atoms with Gasteiger partial charge in [-0.1, -0.05) is 58.4 Å². The summed E-state index contributed by atoms with van der Waals surface area (Å²) in [5.74, 6) is -1.21. The van der Waals surface area contributed by atoms with Gasteiger partial charge in [0, 0.05) is 33.1 Å². The van der Waals surface area contributed by atoms with Crippen molar-refractivity contribution in [2.45, 2.75) is 6.92 Å². The van der Waals surface area contributed by atoms with Gasteiger partial charge in [-0.25, -0.2) is 9.78 Å². The van der Waals surface area contributed by atoms with Crippen LogP contribution in [0.2, 0.25) is 0 Å². The number of hydrogen-bond donors (Lipinski definition) is 0. The highest BCUT2D eigenvalue weighted by atomic mass is 79.9. The number of esters is 1. The molecule has 0 spiro atoms. The smallest absolute Gasteiger partial charge is 0.339 e. The van der Waals surface area contributed by atoms with Crippen LogP contribution in [0.15, 0.2) is 77.3 Å². The first-order chi connectivity index (χ1) is 15.8. The maximum atomic E-state index is 13.0. The van der Waals surface area contributed by atoms with Crippen molar-refractivity contribution < 1.29 is 19.2 Å². The van der Waals surface area contributed by atoms with Crippen LogP contribution in [-0.4, -0.2) is 28.3 Å². The number of nitrogens with zero attached hydrogens (tertiary/aromatic N) is 2. The zero-order chi connectivity index (χ0) is 23.5. The lowest BCUT2D eigenvalue weighted by atomic mass is 10.0. The first-order valence-corrected chi connectivity index (χ1v) is 10.7. The molecule has 0 bridgehead atoms. The second kappa shape index (κ2) is 9.30. The predicted octanol–water partition coefficient (Wildman–Crippen LogP) is 5.92. The summed E-state index contributed by atoms with van der Waals surface area (Å²) in [6.45, 7) is 1.37. The highest BCUT2D eigenvalue weighted by Crippen LogP contribution is 2.28. The van der Waals surface area contributed by atoms with Gasteiger partial charge in [-0.15, -0.1) is 0 Å². The lowest BCUT2D eigenvalue weighted by Crippen LogP contribution is -2.15. The minimum Gasteiger partial charge on any atom is -0.454 e. The Labute approximate surface area is 197 Å². The van der Waals surface area contributed by atoms with Crippen molar-refractivity contribution in [1.82, 2.24) is 4.98 Å². The fourth-order valence-corrected chi connectivity index (χ4v) is 3.68. The standard InChI is InChI=1S/C25H17BrN2O5/c1-15-4-2-7-20-21(13-22(27-24(15)20)16-8-10-18(26)11-9-16)25(30)33-14-23(29)17-5-3-6-19(12-17)28(31)32/h2-13H,14H2,1H3. The Morgan fingerprint density at radius 2 is 1.76 bits per heavy atom. The number of non-ortho nitro benzene ring substituents is 1. The Morgan fingerprint density at radius 1 is 1.03 bits per heavy atom. The zero-order valence-electron chi connectivity index (χ0n) is 17.4. The Hall–Kier alpha value is -3.91. The van der Waals surface area contributed by atoms with Crippen LogP contribution in [0, 0.1) is 17.0 Å². The summed E-state index contributed by atoms with van der Waals surface area (Å²) >= 11 is 3.41. The van der Waals surface area contributed by atoms with Crippen LogP contribution >= 0.6 is 15.9 Å². The number of nitro groups is 1. The molecule has 0 aliphatic heterocycles. The van der Waals surface area contributed by atoms with E-state index >= 15 is 0 Å². The second-order valence-corrected chi connectivity index (χ2v) is 8.26. The first-order valence-electron chi connectivity index (χ1n) is 9.94. The Balaban J connectivity index is 1.65. The van der Waals surface area contributed by atoms with Gasteiger partial charge in [0.05, 0.1) is 21.7 Å². The quantitative estimate of drug-likeness (QED) is 0.140. The molecule has 1 aromatic heterocycles. The minimum atomic E-state index is -0.676. The molecule has 3 aromatic carbocycles. The van der Waals surface area contributed by atoms with Gasteiger partial charge in [0.15, 0.2) is 6.61 Å². The lowest BCUT2D eigenvalue weighted by Gasteiger charge is -2.11. The summed E-state index contributed by atoms with van der Waals surface area (Å²) in [5.41, 5.74) is 3.16. The SMILES string of the molecule is Cc1cccc2c(C(=O)OCC(=O)c3cccc([N+](=O)[O-])c3)cc(-c3ccc(Br)cc3)nc12. The third kappa shape index (κ3) is 4.80. The molecule has 0 aliphatic carbocycles. The number of hydrogen-bond acceptors (Lipinski definition) is 6. The molecule has 0 aliphatic rings. The number of ether oxygens (including phenoxy) is 1. The number of carbonyl (C=O) groups excluding carboxylic acids is 2. The summed E-state index contributed by atoms with van der Waals surface area (Å²) in [6, 6.07) is 20.0. The summed E-state index contributed by atoms with van der Waals surface area (Å²) in [4.78, 5) is 40.6. The first kappa shape index (κ1) is 22.3. The van der Waals surface area contributed by atoms with Crippen LogP contribution in [0.1, 0.15) is 26.3 Å². The molecule has 4 aromatic rings. The van der Waals surface area contributed by atoms with Crippen LogP contribution in [-0.2, 0) is 4.74 Å². The topological polar surface area (TPSA) is 99.4 Å². The van der Waals surface area contributed by atoms with Gasteiger partial charge in [-0.3, -0.25) is 14.9 Å². The molecule has 8 heteroatoms. The number of aryl methyl sites for hydroxylation is 1. The molecule has 0 fully saturated rings. The number of rotatable bonds is 6. The Morgan fingerprint density at radius 3 is 2.48 bits per heavy atom. The second-order valence-electron chi connectivity index (χ2n) is 7.34. The minimum absolute atomic E-state index is 0.1000. The molecule has 7 nitrogen and oxygen atoms in total.